The van der Waals surface area contributed by atoms with Crippen LogP contribution in [-0.2, 0) is 24.2 Å². The van der Waals surface area contributed by atoms with Gasteiger partial charge >= 0.3 is 0 Å². The molecule has 0 spiro atoms. The number of hydrogen-bond acceptors (Lipinski definition) is 5. The lowest BCUT2D eigenvalue weighted by Gasteiger charge is -2.23. The van der Waals surface area contributed by atoms with E-state index in [-0.39, 0.29) is 18.3 Å². The highest BCUT2D eigenvalue weighted by atomic mass is 16.3. The predicted molar refractivity (Wildman–Crippen MR) is 128 cm³/mol. The number of carbonyl (C=O) groups excluding carboxylic acids is 1. The summed E-state index contributed by atoms with van der Waals surface area (Å²) in [7, 11) is 0. The average molecular weight is 444 g/mol. The van der Waals surface area contributed by atoms with Gasteiger partial charge in [0.15, 0.2) is 5.82 Å². The third-order valence-electron chi connectivity index (χ3n) is 6.80. The summed E-state index contributed by atoms with van der Waals surface area (Å²) in [6.07, 6.45) is 7.95. The van der Waals surface area contributed by atoms with E-state index in [0.717, 1.165) is 59.3 Å². The van der Waals surface area contributed by atoms with Crippen LogP contribution in [0.5, 0.6) is 5.75 Å². The third-order valence-corrected chi connectivity index (χ3v) is 6.80. The van der Waals surface area contributed by atoms with Crippen LogP contribution in [0.1, 0.15) is 55.3 Å². The van der Waals surface area contributed by atoms with Gasteiger partial charge in [-0.05, 0) is 67.0 Å². The van der Waals surface area contributed by atoms with Crippen LogP contribution in [0.15, 0.2) is 42.5 Å². The Kier molecular flexibility index (Phi) is 6.09. The number of aromatic hydroxyl groups is 1. The van der Waals surface area contributed by atoms with Gasteiger partial charge in [-0.25, -0.2) is 9.97 Å². The van der Waals surface area contributed by atoms with Crippen molar-refractivity contribution < 1.29 is 15.0 Å². The minimum Gasteiger partial charge on any atom is -0.508 e. The molecule has 1 fully saturated rings. The van der Waals surface area contributed by atoms with E-state index in [2.05, 4.69) is 5.32 Å². The van der Waals surface area contributed by atoms with E-state index in [9.17, 15) is 15.0 Å². The second-order valence-electron chi connectivity index (χ2n) is 9.17. The molecule has 1 heterocycles. The quantitative estimate of drug-likeness (QED) is 0.515. The Labute approximate surface area is 193 Å². The van der Waals surface area contributed by atoms with Crippen LogP contribution in [-0.4, -0.2) is 26.1 Å². The second kappa shape index (κ2) is 9.32. The number of rotatable bonds is 5. The lowest BCUT2D eigenvalue weighted by molar-refractivity contribution is -0.117. The first-order chi connectivity index (χ1) is 16.1. The van der Waals surface area contributed by atoms with Gasteiger partial charge in [0.2, 0.25) is 5.91 Å². The molecule has 3 N–H and O–H groups in total. The molecule has 0 bridgehead atoms. The molecule has 0 unspecified atom stereocenters. The molecule has 3 aromatic rings. The summed E-state index contributed by atoms with van der Waals surface area (Å²) < 4.78 is 0. The van der Waals surface area contributed by atoms with Gasteiger partial charge < -0.3 is 15.5 Å². The van der Waals surface area contributed by atoms with Crippen molar-refractivity contribution >= 4 is 11.7 Å². The number of amides is 1. The van der Waals surface area contributed by atoms with Crippen molar-refractivity contribution in [1.82, 2.24) is 9.97 Å². The molecule has 2 aromatic carbocycles. The summed E-state index contributed by atoms with van der Waals surface area (Å²) >= 11 is 0. The van der Waals surface area contributed by atoms with E-state index in [1.165, 1.54) is 19.3 Å². The number of fused-ring (bicyclic) bond motifs is 3. The highest BCUT2D eigenvalue weighted by Crippen LogP contribution is 2.36. The van der Waals surface area contributed by atoms with Crippen molar-refractivity contribution in [2.75, 3.05) is 5.32 Å². The first-order valence-corrected chi connectivity index (χ1v) is 11.8. The first kappa shape index (κ1) is 21.6. The normalized spacial score (nSPS) is 15.5. The Morgan fingerprint density at radius 2 is 1.76 bits per heavy atom. The number of hydrogen-bond donors (Lipinski definition) is 3. The largest absolute Gasteiger partial charge is 0.508 e. The molecule has 170 valence electrons. The summed E-state index contributed by atoms with van der Waals surface area (Å²) in [4.78, 5) is 22.8. The monoisotopic (exact) mass is 443 g/mol. The zero-order valence-corrected chi connectivity index (χ0v) is 18.7. The Balaban J connectivity index is 1.52. The van der Waals surface area contributed by atoms with Gasteiger partial charge in [-0.2, -0.15) is 0 Å². The number of nitrogens with one attached hydrogen (secondary N) is 1. The number of nitrogens with zero attached hydrogens (tertiary/aromatic N) is 2. The molecule has 0 atom stereocenters. The highest BCUT2D eigenvalue weighted by molar-refractivity contribution is 5.94. The standard InChI is InChI=1S/C27H29N3O3/c31-16-18-6-12-22-20(14-18)9-13-23-26(22)30-25(19-7-10-21(32)11-8-19)27(28-23)29-24(33)15-17-4-2-1-3-5-17/h6-8,10-12,14,17,31-32H,1-5,9,13,15-16H2,(H,28,29,33). The molecule has 5 rings (SSSR count). The Hall–Kier alpha value is -3.25. The second-order valence-corrected chi connectivity index (χ2v) is 9.17. The number of aryl methyl sites for hydroxylation is 2. The van der Waals surface area contributed by atoms with Crippen molar-refractivity contribution in [3.05, 3.63) is 59.3 Å². The zero-order chi connectivity index (χ0) is 22.8. The van der Waals surface area contributed by atoms with Gasteiger partial charge in [-0.1, -0.05) is 37.5 Å². The summed E-state index contributed by atoms with van der Waals surface area (Å²) in [5.41, 5.74) is 6.12. The van der Waals surface area contributed by atoms with Crippen LogP contribution in [0.3, 0.4) is 0 Å². The molecule has 33 heavy (non-hydrogen) atoms. The highest BCUT2D eigenvalue weighted by Gasteiger charge is 2.24. The number of phenols is 1. The molecule has 0 aliphatic heterocycles. The van der Waals surface area contributed by atoms with Gasteiger partial charge in [-0.3, -0.25) is 4.79 Å². The van der Waals surface area contributed by atoms with E-state index in [1.54, 1.807) is 24.3 Å². The van der Waals surface area contributed by atoms with Crippen molar-refractivity contribution in [2.45, 2.75) is 58.0 Å². The summed E-state index contributed by atoms with van der Waals surface area (Å²) in [6.45, 7) is 0.0105. The van der Waals surface area contributed by atoms with Gasteiger partial charge in [0.25, 0.3) is 0 Å². The lowest BCUT2D eigenvalue weighted by atomic mass is 9.87. The topological polar surface area (TPSA) is 95.3 Å². The van der Waals surface area contributed by atoms with Gasteiger partial charge in [0.1, 0.15) is 11.4 Å². The zero-order valence-electron chi connectivity index (χ0n) is 18.7. The Bertz CT molecular complexity index is 1170. The molecule has 2 aliphatic carbocycles. The maximum absolute atomic E-state index is 12.9. The van der Waals surface area contributed by atoms with E-state index in [4.69, 9.17) is 9.97 Å². The molecular weight excluding hydrogens is 414 g/mol. The average Bonchev–Trinajstić information content (AvgIpc) is 2.84. The third kappa shape index (κ3) is 4.62. The van der Waals surface area contributed by atoms with Crippen LogP contribution in [0.2, 0.25) is 0 Å². The fourth-order valence-electron chi connectivity index (χ4n) is 5.04. The number of aromatic nitrogens is 2. The van der Waals surface area contributed by atoms with E-state index >= 15 is 0 Å². The number of anilines is 1. The SMILES string of the molecule is O=C(CC1CCCCC1)Nc1nc2c(nc1-c1ccc(O)cc1)-c1ccc(CO)cc1CC2. The number of phenolic OH excluding ortho intramolecular Hbond substituents is 1. The number of benzene rings is 2. The van der Waals surface area contributed by atoms with Crippen molar-refractivity contribution in [1.29, 1.82) is 0 Å². The van der Waals surface area contributed by atoms with E-state index in [0.29, 0.717) is 23.9 Å². The number of aliphatic hydroxyl groups excluding tert-OH is 1. The van der Waals surface area contributed by atoms with Crippen LogP contribution < -0.4 is 5.32 Å². The fourth-order valence-corrected chi connectivity index (χ4v) is 5.04. The van der Waals surface area contributed by atoms with Gasteiger partial charge in [0.05, 0.1) is 18.0 Å². The van der Waals surface area contributed by atoms with Crippen molar-refractivity contribution in [3.63, 3.8) is 0 Å². The van der Waals surface area contributed by atoms with Crippen LogP contribution >= 0.6 is 0 Å². The van der Waals surface area contributed by atoms with Crippen LogP contribution in [0, 0.1) is 5.92 Å². The number of aliphatic hydroxyl groups is 1. The first-order valence-electron chi connectivity index (χ1n) is 11.8. The van der Waals surface area contributed by atoms with E-state index < -0.39 is 0 Å². The van der Waals surface area contributed by atoms with E-state index in [1.807, 2.05) is 18.2 Å². The smallest absolute Gasteiger partial charge is 0.225 e. The van der Waals surface area contributed by atoms with Crippen LogP contribution in [0.4, 0.5) is 5.82 Å². The molecule has 2 aliphatic rings. The molecule has 0 radical (unpaired) electrons. The van der Waals surface area contributed by atoms with Crippen molar-refractivity contribution in [2.24, 2.45) is 5.92 Å². The molecule has 0 saturated heterocycles. The minimum absolute atomic E-state index is 0.0105. The van der Waals surface area contributed by atoms with Crippen molar-refractivity contribution in [3.8, 4) is 28.3 Å². The minimum atomic E-state index is -0.0139. The maximum Gasteiger partial charge on any atom is 0.225 e. The van der Waals surface area contributed by atoms with Gasteiger partial charge in [-0.15, -0.1) is 0 Å². The molecule has 1 saturated carbocycles. The molecule has 6 heteroatoms. The number of carbonyl (C=O) groups is 1. The Morgan fingerprint density at radius 3 is 2.52 bits per heavy atom. The lowest BCUT2D eigenvalue weighted by Crippen LogP contribution is -2.21. The molecule has 1 aromatic heterocycles. The summed E-state index contributed by atoms with van der Waals surface area (Å²) in [5, 5.41) is 22.3. The molecule has 6 nitrogen and oxygen atoms in total. The molecule has 1 amide bonds. The van der Waals surface area contributed by atoms with Gasteiger partial charge in [0, 0.05) is 17.5 Å². The summed E-state index contributed by atoms with van der Waals surface area (Å²) in [6, 6.07) is 12.8. The fraction of sp³-hybridized carbons (Fsp3) is 0.370. The maximum atomic E-state index is 12.9. The predicted octanol–water partition coefficient (Wildman–Crippen LogP) is 5.02. The summed E-state index contributed by atoms with van der Waals surface area (Å²) in [5.74, 6) is 1.08. The molecular formula is C27H29N3O3. The Morgan fingerprint density at radius 1 is 0.970 bits per heavy atom. The van der Waals surface area contributed by atoms with Crippen LogP contribution in [0.25, 0.3) is 22.5 Å².